The Morgan fingerprint density at radius 2 is 1.59 bits per heavy atom. The van der Waals surface area contributed by atoms with Crippen molar-refractivity contribution in [1.82, 2.24) is 14.8 Å². The van der Waals surface area contributed by atoms with E-state index in [1.165, 1.54) is 30.8 Å². The predicted molar refractivity (Wildman–Crippen MR) is 123 cm³/mol. The topological polar surface area (TPSA) is 123 Å². The molecule has 32 heavy (non-hydrogen) atoms. The summed E-state index contributed by atoms with van der Waals surface area (Å²) in [5.41, 5.74) is 1.22. The van der Waals surface area contributed by atoms with Gasteiger partial charge in [-0.05, 0) is 43.3 Å². The quantitative estimate of drug-likeness (QED) is 0.482. The van der Waals surface area contributed by atoms with Gasteiger partial charge < -0.3 is 15.2 Å². The van der Waals surface area contributed by atoms with Gasteiger partial charge in [0.15, 0.2) is 15.0 Å². The van der Waals surface area contributed by atoms with Crippen LogP contribution < -0.4 is 10.6 Å². The Bertz CT molecular complexity index is 1210. The van der Waals surface area contributed by atoms with Crippen LogP contribution in [0.5, 0.6) is 0 Å². The van der Waals surface area contributed by atoms with E-state index in [0.29, 0.717) is 16.5 Å². The highest BCUT2D eigenvalue weighted by Crippen LogP contribution is 2.24. The van der Waals surface area contributed by atoms with E-state index in [1.807, 2.05) is 0 Å². The summed E-state index contributed by atoms with van der Waals surface area (Å²) in [6.45, 7) is 3.14. The Morgan fingerprint density at radius 1 is 1.00 bits per heavy atom. The highest BCUT2D eigenvalue weighted by Gasteiger charge is 2.22. The molecule has 9 nitrogen and oxygen atoms in total. The van der Waals surface area contributed by atoms with E-state index in [4.69, 9.17) is 0 Å². The van der Waals surface area contributed by atoms with E-state index < -0.39 is 15.1 Å². The Hall–Kier alpha value is -3.18. The first-order valence-electron chi connectivity index (χ1n) is 9.67. The number of benzene rings is 2. The van der Waals surface area contributed by atoms with Crippen LogP contribution >= 0.6 is 11.8 Å². The Kier molecular flexibility index (Phi) is 7.31. The molecule has 0 spiro atoms. The number of amides is 2. The molecule has 0 aliphatic heterocycles. The largest absolute Gasteiger partial charge is 0.326 e. The van der Waals surface area contributed by atoms with E-state index in [-0.39, 0.29) is 28.3 Å². The number of hydrogen-bond acceptors (Lipinski definition) is 7. The van der Waals surface area contributed by atoms with E-state index >= 15 is 0 Å². The fraction of sp³-hybridized carbons (Fsp3) is 0.238. The number of sulfone groups is 1. The highest BCUT2D eigenvalue weighted by molar-refractivity contribution is 8.00. The minimum absolute atomic E-state index is 0.175. The Labute approximate surface area is 190 Å². The second-order valence-corrected chi connectivity index (χ2v) is 10.3. The van der Waals surface area contributed by atoms with Crippen molar-refractivity contribution in [2.24, 2.45) is 7.05 Å². The molecule has 2 N–H and O–H groups in total. The van der Waals surface area contributed by atoms with Gasteiger partial charge in [-0.3, -0.25) is 9.59 Å². The second-order valence-electron chi connectivity index (χ2n) is 7.04. The number of carbonyl (C=O) groups excluding carboxylic acids is 2. The lowest BCUT2D eigenvalue weighted by molar-refractivity contribution is -0.115. The van der Waals surface area contributed by atoms with Gasteiger partial charge in [0.1, 0.15) is 11.6 Å². The van der Waals surface area contributed by atoms with E-state index in [2.05, 4.69) is 20.8 Å². The van der Waals surface area contributed by atoms with Crippen molar-refractivity contribution in [3.05, 3.63) is 60.4 Å². The number of nitrogens with zero attached hydrogens (tertiary/aromatic N) is 3. The van der Waals surface area contributed by atoms with Gasteiger partial charge in [0.2, 0.25) is 11.8 Å². The molecule has 168 valence electrons. The van der Waals surface area contributed by atoms with Crippen LogP contribution in [0.3, 0.4) is 0 Å². The van der Waals surface area contributed by atoms with Gasteiger partial charge in [0, 0.05) is 25.3 Å². The number of carbonyl (C=O) groups is 2. The monoisotopic (exact) mass is 473 g/mol. The maximum Gasteiger partial charge on any atom is 0.237 e. The summed E-state index contributed by atoms with van der Waals surface area (Å²) < 4.78 is 26.8. The van der Waals surface area contributed by atoms with Crippen LogP contribution in [0.4, 0.5) is 11.4 Å². The number of hydrogen-bond donors (Lipinski definition) is 2. The number of anilines is 2. The third-order valence-electron chi connectivity index (χ3n) is 4.47. The zero-order valence-corrected chi connectivity index (χ0v) is 19.4. The average Bonchev–Trinajstić information content (AvgIpc) is 3.08. The fourth-order valence-electron chi connectivity index (χ4n) is 2.75. The third kappa shape index (κ3) is 5.95. The minimum atomic E-state index is -3.56. The molecule has 0 saturated heterocycles. The highest BCUT2D eigenvalue weighted by atomic mass is 32.2. The van der Waals surface area contributed by atoms with Gasteiger partial charge >= 0.3 is 0 Å². The first-order valence-corrected chi connectivity index (χ1v) is 12.2. The molecular weight excluding hydrogens is 450 g/mol. The van der Waals surface area contributed by atoms with Crippen molar-refractivity contribution < 1.29 is 18.0 Å². The van der Waals surface area contributed by atoms with Crippen LogP contribution in [0.15, 0.2) is 64.6 Å². The number of rotatable bonds is 8. The molecule has 3 aromatic rings. The summed E-state index contributed by atoms with van der Waals surface area (Å²) in [6, 6.07) is 14.9. The summed E-state index contributed by atoms with van der Waals surface area (Å²) in [7, 11) is -1.89. The molecule has 0 bridgehead atoms. The second kappa shape index (κ2) is 9.96. The Balaban J connectivity index is 1.63. The lowest BCUT2D eigenvalue weighted by atomic mass is 10.2. The SMILES string of the molecule is CC(=O)Nc1ccc(NC(=O)C(C)Sc2nnc(CS(=O)(=O)c3ccccc3)n2C)cc1. The van der Waals surface area contributed by atoms with Gasteiger partial charge in [0.05, 0.1) is 10.1 Å². The Morgan fingerprint density at radius 3 is 2.19 bits per heavy atom. The molecule has 1 unspecified atom stereocenters. The van der Waals surface area contributed by atoms with Crippen LogP contribution in [0.2, 0.25) is 0 Å². The zero-order valence-electron chi connectivity index (χ0n) is 17.8. The van der Waals surface area contributed by atoms with Gasteiger partial charge in [0.25, 0.3) is 0 Å². The van der Waals surface area contributed by atoms with Crippen LogP contribution in [-0.4, -0.2) is 40.2 Å². The standard InChI is InChI=1S/C21H23N5O4S2/c1-14(20(28)23-17-11-9-16(10-12-17)22-15(2)27)31-21-25-24-19(26(21)3)13-32(29,30)18-7-5-4-6-8-18/h4-12,14H,13H2,1-3H3,(H,22,27)(H,23,28). The normalized spacial score (nSPS) is 12.2. The molecule has 0 radical (unpaired) electrons. The molecule has 1 atom stereocenters. The van der Waals surface area contributed by atoms with Crippen LogP contribution in [0, 0.1) is 0 Å². The smallest absolute Gasteiger partial charge is 0.237 e. The molecular formula is C21H23N5O4S2. The summed E-state index contributed by atoms with van der Waals surface area (Å²) in [6.07, 6.45) is 0. The molecule has 2 amide bonds. The lowest BCUT2D eigenvalue weighted by Crippen LogP contribution is -2.23. The fourth-order valence-corrected chi connectivity index (χ4v) is 4.91. The first-order chi connectivity index (χ1) is 15.2. The van der Waals surface area contributed by atoms with Crippen molar-refractivity contribution in [2.75, 3.05) is 10.6 Å². The molecule has 1 aromatic heterocycles. The summed E-state index contributed by atoms with van der Waals surface area (Å²) in [4.78, 5) is 23.9. The number of nitrogens with one attached hydrogen (secondary N) is 2. The van der Waals surface area contributed by atoms with Crippen LogP contribution in [-0.2, 0) is 32.2 Å². The molecule has 11 heteroatoms. The van der Waals surface area contributed by atoms with E-state index in [9.17, 15) is 18.0 Å². The molecule has 0 fully saturated rings. The molecule has 1 heterocycles. The maximum absolute atomic E-state index is 12.6. The summed E-state index contributed by atoms with van der Waals surface area (Å²) >= 11 is 1.18. The van der Waals surface area contributed by atoms with Gasteiger partial charge in [-0.1, -0.05) is 30.0 Å². The first kappa shape index (κ1) is 23.5. The van der Waals surface area contributed by atoms with E-state index in [0.717, 1.165) is 0 Å². The van der Waals surface area contributed by atoms with Gasteiger partial charge in [-0.25, -0.2) is 8.42 Å². The predicted octanol–water partition coefficient (Wildman–Crippen LogP) is 2.87. The summed E-state index contributed by atoms with van der Waals surface area (Å²) in [5, 5.41) is 13.4. The molecule has 3 rings (SSSR count). The third-order valence-corrected chi connectivity index (χ3v) is 7.23. The van der Waals surface area contributed by atoms with Crippen molar-refractivity contribution in [3.8, 4) is 0 Å². The number of aromatic nitrogens is 3. The molecule has 0 aliphatic rings. The minimum Gasteiger partial charge on any atom is -0.326 e. The van der Waals surface area contributed by atoms with Crippen LogP contribution in [0.25, 0.3) is 0 Å². The van der Waals surface area contributed by atoms with Crippen molar-refractivity contribution >= 4 is 44.8 Å². The van der Waals surface area contributed by atoms with Gasteiger partial charge in [-0.2, -0.15) is 0 Å². The van der Waals surface area contributed by atoms with Crippen molar-refractivity contribution in [2.45, 2.75) is 34.9 Å². The molecule has 0 aliphatic carbocycles. The van der Waals surface area contributed by atoms with Crippen molar-refractivity contribution in [1.29, 1.82) is 0 Å². The van der Waals surface area contributed by atoms with Gasteiger partial charge in [-0.15, -0.1) is 10.2 Å². The summed E-state index contributed by atoms with van der Waals surface area (Å²) in [5.74, 6) is -0.421. The lowest BCUT2D eigenvalue weighted by Gasteiger charge is -2.12. The molecule has 0 saturated carbocycles. The number of thioether (sulfide) groups is 1. The average molecular weight is 474 g/mol. The zero-order chi connectivity index (χ0) is 23.3. The molecule has 2 aromatic carbocycles. The van der Waals surface area contributed by atoms with Crippen molar-refractivity contribution in [3.63, 3.8) is 0 Å². The maximum atomic E-state index is 12.6. The van der Waals surface area contributed by atoms with E-state index in [1.54, 1.807) is 61.0 Å². The van der Waals surface area contributed by atoms with Crippen LogP contribution in [0.1, 0.15) is 19.7 Å².